The van der Waals surface area contributed by atoms with Gasteiger partial charge in [-0.3, -0.25) is 5.21 Å². The van der Waals surface area contributed by atoms with Gasteiger partial charge < -0.3 is 0 Å². The van der Waals surface area contributed by atoms with Crippen LogP contribution in [0.25, 0.3) is 0 Å². The van der Waals surface area contributed by atoms with Gasteiger partial charge in [0.15, 0.2) is 0 Å². The van der Waals surface area contributed by atoms with Gasteiger partial charge in [-0.2, -0.15) is 0 Å². The van der Waals surface area contributed by atoms with E-state index in [4.69, 9.17) is 5.21 Å². The molecular formula is C5H10N2O. The Labute approximate surface area is 48.9 Å². The van der Waals surface area contributed by atoms with Gasteiger partial charge in [0.05, 0.1) is 0 Å². The summed E-state index contributed by atoms with van der Waals surface area (Å²) in [5.74, 6) is 0. The average Bonchev–Trinajstić information content (AvgIpc) is 1.83. The van der Waals surface area contributed by atoms with E-state index in [-0.39, 0.29) is 0 Å². The lowest BCUT2D eigenvalue weighted by atomic mass is 10.7. The van der Waals surface area contributed by atoms with E-state index in [1.165, 1.54) is 12.5 Å². The molecule has 8 heavy (non-hydrogen) atoms. The molecule has 0 spiro atoms. The van der Waals surface area contributed by atoms with Crippen molar-refractivity contribution in [1.29, 1.82) is 0 Å². The molecule has 0 unspecified atom stereocenters. The molecule has 1 N–H and O–H groups in total. The molecule has 0 aliphatic heterocycles. The summed E-state index contributed by atoms with van der Waals surface area (Å²) in [4.78, 5) is 3.56. The van der Waals surface area contributed by atoms with Gasteiger partial charge >= 0.3 is 0 Å². The summed E-state index contributed by atoms with van der Waals surface area (Å²) in [6.45, 7) is 5.68. The van der Waals surface area contributed by atoms with Crippen molar-refractivity contribution in [3.63, 3.8) is 0 Å². The smallest absolute Gasteiger partial charge is 0.115 e. The van der Waals surface area contributed by atoms with Crippen molar-refractivity contribution in [2.24, 2.45) is 4.99 Å². The molecule has 3 heteroatoms. The molecule has 0 bridgehead atoms. The molecule has 0 radical (unpaired) electrons. The molecule has 0 amide bonds. The molecular weight excluding hydrogens is 104 g/mol. The fourth-order valence-electron chi connectivity index (χ4n) is 0.206. The summed E-state index contributed by atoms with van der Waals surface area (Å²) in [6, 6.07) is 0. The van der Waals surface area contributed by atoms with E-state index < -0.39 is 0 Å². The number of rotatable bonds is 3. The molecule has 0 aromatic carbocycles. The van der Waals surface area contributed by atoms with Crippen LogP contribution in [-0.4, -0.2) is 23.2 Å². The minimum Gasteiger partial charge on any atom is -0.288 e. The van der Waals surface area contributed by atoms with E-state index in [1.54, 1.807) is 0 Å². The van der Waals surface area contributed by atoms with Crippen LogP contribution in [0.1, 0.15) is 6.92 Å². The minimum absolute atomic E-state index is 0.539. The van der Waals surface area contributed by atoms with Gasteiger partial charge in [-0.05, 0) is 6.92 Å². The predicted octanol–water partition coefficient (Wildman–Crippen LogP) is 0.869. The van der Waals surface area contributed by atoms with Gasteiger partial charge in [0.25, 0.3) is 0 Å². The van der Waals surface area contributed by atoms with Crippen LogP contribution in [0.4, 0.5) is 0 Å². The maximum Gasteiger partial charge on any atom is 0.115 e. The maximum atomic E-state index is 8.63. The van der Waals surface area contributed by atoms with E-state index in [9.17, 15) is 0 Å². The van der Waals surface area contributed by atoms with Crippen LogP contribution >= 0.6 is 0 Å². The lowest BCUT2D eigenvalue weighted by Gasteiger charge is -2.03. The Morgan fingerprint density at radius 3 is 2.88 bits per heavy atom. The molecule has 0 rings (SSSR count). The van der Waals surface area contributed by atoms with Gasteiger partial charge in [0.2, 0.25) is 0 Å². The van der Waals surface area contributed by atoms with Gasteiger partial charge in [-0.1, -0.05) is 6.58 Å². The summed E-state index contributed by atoms with van der Waals surface area (Å²) in [6.07, 6.45) is 2.66. The fourth-order valence-corrected chi connectivity index (χ4v) is 0.206. The molecule has 0 aliphatic rings. The Kier molecular flexibility index (Phi) is 3.88. The second kappa shape index (κ2) is 4.33. The minimum atomic E-state index is 0.539. The molecule has 0 aromatic heterocycles. The normalized spacial score (nSPS) is 9.75. The predicted molar refractivity (Wildman–Crippen MR) is 32.9 cm³/mol. The molecule has 0 aromatic rings. The number of hydroxylamine groups is 2. The topological polar surface area (TPSA) is 35.8 Å². The zero-order chi connectivity index (χ0) is 6.41. The number of hydrogen-bond acceptors (Lipinski definition) is 2. The van der Waals surface area contributed by atoms with Crippen LogP contribution in [0.15, 0.2) is 17.8 Å². The standard InChI is InChI=1S/C5H10N2O/c1-3-6-5-7(8)4-2/h3,5,8H,1,4H2,2H3/b6-5-. The van der Waals surface area contributed by atoms with Crippen molar-refractivity contribution in [1.82, 2.24) is 5.06 Å². The van der Waals surface area contributed by atoms with Gasteiger partial charge in [-0.25, -0.2) is 10.1 Å². The zero-order valence-electron chi connectivity index (χ0n) is 4.91. The molecule has 0 saturated heterocycles. The number of aliphatic imine (C=N–C) groups is 1. The van der Waals surface area contributed by atoms with E-state index >= 15 is 0 Å². The van der Waals surface area contributed by atoms with Crippen molar-refractivity contribution >= 4 is 6.34 Å². The Hall–Kier alpha value is -0.830. The highest BCUT2D eigenvalue weighted by molar-refractivity contribution is 5.53. The van der Waals surface area contributed by atoms with Crippen molar-refractivity contribution in [3.05, 3.63) is 12.8 Å². The van der Waals surface area contributed by atoms with E-state index in [0.29, 0.717) is 6.54 Å². The van der Waals surface area contributed by atoms with Crippen LogP contribution in [0.2, 0.25) is 0 Å². The first kappa shape index (κ1) is 7.17. The van der Waals surface area contributed by atoms with E-state index in [1.807, 2.05) is 6.92 Å². The first-order valence-corrected chi connectivity index (χ1v) is 2.41. The van der Waals surface area contributed by atoms with Gasteiger partial charge in [0.1, 0.15) is 6.34 Å². The third-order valence-electron chi connectivity index (χ3n) is 0.629. The summed E-state index contributed by atoms with van der Waals surface area (Å²) in [5, 5.41) is 9.60. The summed E-state index contributed by atoms with van der Waals surface area (Å²) in [7, 11) is 0. The third kappa shape index (κ3) is 3.36. The van der Waals surface area contributed by atoms with Crippen LogP contribution < -0.4 is 0 Å². The Morgan fingerprint density at radius 1 is 1.88 bits per heavy atom. The zero-order valence-corrected chi connectivity index (χ0v) is 4.91. The highest BCUT2D eigenvalue weighted by Gasteiger charge is 1.81. The van der Waals surface area contributed by atoms with Gasteiger partial charge in [-0.15, -0.1) is 0 Å². The molecule has 3 nitrogen and oxygen atoms in total. The average molecular weight is 114 g/mol. The highest BCUT2D eigenvalue weighted by atomic mass is 16.5. The Balaban J connectivity index is 3.35. The molecule has 46 valence electrons. The highest BCUT2D eigenvalue weighted by Crippen LogP contribution is 1.72. The fraction of sp³-hybridized carbons (Fsp3) is 0.400. The maximum absolute atomic E-state index is 8.63. The Bertz CT molecular complexity index is 90.4. The van der Waals surface area contributed by atoms with Crippen molar-refractivity contribution < 1.29 is 5.21 Å². The lowest BCUT2D eigenvalue weighted by Crippen LogP contribution is -2.15. The molecule has 0 atom stereocenters. The number of nitrogens with zero attached hydrogens (tertiary/aromatic N) is 2. The third-order valence-corrected chi connectivity index (χ3v) is 0.629. The first-order chi connectivity index (χ1) is 3.81. The van der Waals surface area contributed by atoms with Crippen LogP contribution in [0, 0.1) is 0 Å². The second-order valence-electron chi connectivity index (χ2n) is 1.20. The molecule has 0 saturated carbocycles. The van der Waals surface area contributed by atoms with Crippen molar-refractivity contribution in [3.8, 4) is 0 Å². The molecule has 0 aliphatic carbocycles. The monoisotopic (exact) mass is 114 g/mol. The summed E-state index contributed by atoms with van der Waals surface area (Å²) >= 11 is 0. The van der Waals surface area contributed by atoms with Gasteiger partial charge in [0, 0.05) is 12.7 Å². The summed E-state index contributed by atoms with van der Waals surface area (Å²) in [5.41, 5.74) is 0. The SMILES string of the molecule is C=C/N=C\N(O)CC. The van der Waals surface area contributed by atoms with Crippen LogP contribution in [0.5, 0.6) is 0 Å². The lowest BCUT2D eigenvalue weighted by molar-refractivity contribution is -0.00286. The quantitative estimate of drug-likeness (QED) is 0.335. The Morgan fingerprint density at radius 2 is 2.50 bits per heavy atom. The van der Waals surface area contributed by atoms with Crippen molar-refractivity contribution in [2.75, 3.05) is 6.54 Å². The molecule has 0 fully saturated rings. The van der Waals surface area contributed by atoms with Crippen LogP contribution in [0.3, 0.4) is 0 Å². The second-order valence-corrected chi connectivity index (χ2v) is 1.20. The van der Waals surface area contributed by atoms with E-state index in [2.05, 4.69) is 11.6 Å². The first-order valence-electron chi connectivity index (χ1n) is 2.41. The number of hydrogen-bond donors (Lipinski definition) is 1. The van der Waals surface area contributed by atoms with E-state index in [0.717, 1.165) is 5.06 Å². The van der Waals surface area contributed by atoms with Crippen molar-refractivity contribution in [2.45, 2.75) is 6.92 Å². The molecule has 0 heterocycles. The largest absolute Gasteiger partial charge is 0.288 e. The van der Waals surface area contributed by atoms with Crippen LogP contribution in [-0.2, 0) is 0 Å². The summed E-state index contributed by atoms with van der Waals surface area (Å²) < 4.78 is 0.